The van der Waals surface area contributed by atoms with Gasteiger partial charge >= 0.3 is 0 Å². The van der Waals surface area contributed by atoms with Crippen LogP contribution in [0, 0.1) is 0 Å². The van der Waals surface area contributed by atoms with Crippen LogP contribution in [0.2, 0.25) is 0 Å². The van der Waals surface area contributed by atoms with Crippen LogP contribution in [0.15, 0.2) is 6.07 Å². The van der Waals surface area contributed by atoms with Gasteiger partial charge in [-0.3, -0.25) is 0 Å². The maximum atomic E-state index is 5.50. The standard InChI is InChI=1S/C15H26N4O2/c1-3-7-16-13-9-14(17-12-6-5-8-21-10-12)19-15(18-13)11-20-4-2/h9,12H,3-8,10-11H2,1-2H3,(H2,16,17,18,19). The van der Waals surface area contributed by atoms with Gasteiger partial charge in [-0.15, -0.1) is 0 Å². The largest absolute Gasteiger partial charge is 0.379 e. The number of anilines is 2. The summed E-state index contributed by atoms with van der Waals surface area (Å²) in [6.45, 7) is 7.70. The molecule has 1 aliphatic heterocycles. The van der Waals surface area contributed by atoms with Crippen molar-refractivity contribution in [3.8, 4) is 0 Å². The number of aromatic nitrogens is 2. The van der Waals surface area contributed by atoms with Crippen molar-refractivity contribution in [2.45, 2.75) is 45.8 Å². The fraction of sp³-hybridized carbons (Fsp3) is 0.733. The second-order valence-electron chi connectivity index (χ2n) is 5.18. The summed E-state index contributed by atoms with van der Waals surface area (Å²) in [4.78, 5) is 9.01. The first-order valence-electron chi connectivity index (χ1n) is 7.85. The van der Waals surface area contributed by atoms with Crippen molar-refractivity contribution in [3.05, 3.63) is 11.9 Å². The molecule has 1 unspecified atom stereocenters. The van der Waals surface area contributed by atoms with Crippen molar-refractivity contribution in [1.82, 2.24) is 9.97 Å². The lowest BCUT2D eigenvalue weighted by Gasteiger charge is -2.24. The van der Waals surface area contributed by atoms with E-state index in [0.29, 0.717) is 25.1 Å². The number of hydrogen-bond donors (Lipinski definition) is 2. The normalized spacial score (nSPS) is 18.5. The fourth-order valence-corrected chi connectivity index (χ4v) is 2.24. The molecule has 1 aliphatic rings. The van der Waals surface area contributed by atoms with Crippen LogP contribution in [0.5, 0.6) is 0 Å². The van der Waals surface area contributed by atoms with Crippen LogP contribution in [-0.2, 0) is 16.1 Å². The molecule has 1 atom stereocenters. The summed E-state index contributed by atoms with van der Waals surface area (Å²) in [6, 6.07) is 2.28. The highest BCUT2D eigenvalue weighted by Gasteiger charge is 2.15. The van der Waals surface area contributed by atoms with E-state index in [2.05, 4.69) is 27.5 Å². The minimum Gasteiger partial charge on any atom is -0.379 e. The molecular formula is C15H26N4O2. The Balaban J connectivity index is 2.05. The smallest absolute Gasteiger partial charge is 0.158 e. The average Bonchev–Trinajstić information content (AvgIpc) is 2.52. The second-order valence-corrected chi connectivity index (χ2v) is 5.18. The van der Waals surface area contributed by atoms with E-state index in [1.165, 1.54) is 0 Å². The molecule has 0 radical (unpaired) electrons. The molecule has 0 saturated carbocycles. The molecule has 2 heterocycles. The van der Waals surface area contributed by atoms with E-state index in [1.54, 1.807) is 0 Å². The first kappa shape index (κ1) is 16.0. The van der Waals surface area contributed by atoms with Crippen molar-refractivity contribution in [2.75, 3.05) is 37.0 Å². The average molecular weight is 294 g/mol. The van der Waals surface area contributed by atoms with Gasteiger partial charge in [-0.1, -0.05) is 6.92 Å². The van der Waals surface area contributed by atoms with Crippen molar-refractivity contribution in [3.63, 3.8) is 0 Å². The molecule has 2 N–H and O–H groups in total. The molecule has 21 heavy (non-hydrogen) atoms. The van der Waals surface area contributed by atoms with Gasteiger partial charge in [0.1, 0.15) is 18.2 Å². The molecule has 6 nitrogen and oxygen atoms in total. The van der Waals surface area contributed by atoms with Crippen LogP contribution in [0.3, 0.4) is 0 Å². The molecule has 1 aromatic heterocycles. The first-order valence-corrected chi connectivity index (χ1v) is 7.85. The molecule has 0 spiro atoms. The Hall–Kier alpha value is -1.40. The highest BCUT2D eigenvalue weighted by Crippen LogP contribution is 2.16. The summed E-state index contributed by atoms with van der Waals surface area (Å²) in [6.07, 6.45) is 3.27. The van der Waals surface area contributed by atoms with E-state index in [1.807, 2.05) is 13.0 Å². The molecule has 1 saturated heterocycles. The van der Waals surface area contributed by atoms with Crippen molar-refractivity contribution >= 4 is 11.6 Å². The molecule has 1 fully saturated rings. The van der Waals surface area contributed by atoms with Gasteiger partial charge in [0.15, 0.2) is 5.82 Å². The van der Waals surface area contributed by atoms with E-state index in [9.17, 15) is 0 Å². The van der Waals surface area contributed by atoms with Gasteiger partial charge in [-0.25, -0.2) is 9.97 Å². The maximum absolute atomic E-state index is 5.50. The van der Waals surface area contributed by atoms with Gasteiger partial charge in [0, 0.05) is 25.8 Å². The Morgan fingerprint density at radius 3 is 2.90 bits per heavy atom. The topological polar surface area (TPSA) is 68.3 Å². The van der Waals surface area contributed by atoms with Gasteiger partial charge in [-0.2, -0.15) is 0 Å². The van der Waals surface area contributed by atoms with Crippen molar-refractivity contribution in [1.29, 1.82) is 0 Å². The van der Waals surface area contributed by atoms with Gasteiger partial charge in [-0.05, 0) is 26.2 Å². The highest BCUT2D eigenvalue weighted by molar-refractivity contribution is 5.48. The molecule has 118 valence electrons. The zero-order valence-corrected chi connectivity index (χ0v) is 13.0. The number of hydrogen-bond acceptors (Lipinski definition) is 6. The van der Waals surface area contributed by atoms with Crippen LogP contribution in [0.25, 0.3) is 0 Å². The van der Waals surface area contributed by atoms with Crippen LogP contribution >= 0.6 is 0 Å². The lowest BCUT2D eigenvalue weighted by Crippen LogP contribution is -2.30. The Morgan fingerprint density at radius 1 is 1.33 bits per heavy atom. The third-order valence-electron chi connectivity index (χ3n) is 3.28. The number of ether oxygens (including phenoxy) is 2. The minimum absolute atomic E-state index is 0.326. The predicted molar refractivity (Wildman–Crippen MR) is 83.6 cm³/mol. The minimum atomic E-state index is 0.326. The van der Waals surface area contributed by atoms with Gasteiger partial charge in [0.25, 0.3) is 0 Å². The molecule has 6 heteroatoms. The lowest BCUT2D eigenvalue weighted by atomic mass is 10.1. The third kappa shape index (κ3) is 5.47. The SMILES string of the molecule is CCCNc1cc(NC2CCCOC2)nc(COCC)n1. The summed E-state index contributed by atoms with van der Waals surface area (Å²) in [5.74, 6) is 2.40. The van der Waals surface area contributed by atoms with E-state index in [0.717, 1.165) is 50.7 Å². The summed E-state index contributed by atoms with van der Waals surface area (Å²) in [7, 11) is 0. The fourth-order valence-electron chi connectivity index (χ4n) is 2.24. The Morgan fingerprint density at radius 2 is 2.19 bits per heavy atom. The molecule has 0 bridgehead atoms. The van der Waals surface area contributed by atoms with Crippen molar-refractivity contribution in [2.24, 2.45) is 0 Å². The van der Waals surface area contributed by atoms with Gasteiger partial charge in [0.2, 0.25) is 0 Å². The summed E-state index contributed by atoms with van der Waals surface area (Å²) < 4.78 is 10.9. The molecule has 0 aromatic carbocycles. The summed E-state index contributed by atoms with van der Waals surface area (Å²) in [5.41, 5.74) is 0. The number of nitrogens with zero attached hydrogens (tertiary/aromatic N) is 2. The zero-order chi connectivity index (χ0) is 14.9. The maximum Gasteiger partial charge on any atom is 0.158 e. The van der Waals surface area contributed by atoms with Crippen LogP contribution in [-0.4, -0.2) is 42.4 Å². The Kier molecular flexibility index (Phi) is 6.69. The quantitative estimate of drug-likeness (QED) is 0.767. The van der Waals surface area contributed by atoms with Crippen molar-refractivity contribution < 1.29 is 9.47 Å². The molecular weight excluding hydrogens is 268 g/mol. The summed E-state index contributed by atoms with van der Waals surface area (Å²) >= 11 is 0. The van der Waals surface area contributed by atoms with Crippen LogP contribution in [0.1, 0.15) is 38.9 Å². The predicted octanol–water partition coefficient (Wildman–Crippen LogP) is 2.43. The van der Waals surface area contributed by atoms with Gasteiger partial charge < -0.3 is 20.1 Å². The lowest BCUT2D eigenvalue weighted by molar-refractivity contribution is 0.0874. The molecule has 1 aromatic rings. The molecule has 0 aliphatic carbocycles. The van der Waals surface area contributed by atoms with E-state index in [4.69, 9.17) is 9.47 Å². The molecule has 0 amide bonds. The monoisotopic (exact) mass is 294 g/mol. The van der Waals surface area contributed by atoms with Crippen LogP contribution < -0.4 is 10.6 Å². The Labute approximate surface area is 126 Å². The Bertz CT molecular complexity index is 396. The van der Waals surface area contributed by atoms with E-state index >= 15 is 0 Å². The number of nitrogens with one attached hydrogen (secondary N) is 2. The van der Waals surface area contributed by atoms with E-state index in [-0.39, 0.29) is 0 Å². The van der Waals surface area contributed by atoms with Crippen LogP contribution in [0.4, 0.5) is 11.6 Å². The zero-order valence-electron chi connectivity index (χ0n) is 13.0. The third-order valence-corrected chi connectivity index (χ3v) is 3.28. The van der Waals surface area contributed by atoms with Gasteiger partial charge in [0.05, 0.1) is 12.6 Å². The molecule has 2 rings (SSSR count). The second kappa shape index (κ2) is 8.79. The summed E-state index contributed by atoms with van der Waals surface area (Å²) in [5, 5.41) is 6.75. The number of rotatable bonds is 8. The highest BCUT2D eigenvalue weighted by atomic mass is 16.5. The van der Waals surface area contributed by atoms with E-state index < -0.39 is 0 Å². The first-order chi connectivity index (χ1) is 10.3.